The number of alkyl halides is 4. The molecule has 0 bridgehead atoms. The third-order valence-electron chi connectivity index (χ3n) is 2.43. The number of aryl methyl sites for hydroxylation is 1. The fraction of sp³-hybridized carbons (Fsp3) is 0.667. The highest BCUT2D eigenvalue weighted by Crippen LogP contribution is 2.23. The Labute approximate surface area is 115 Å². The molecule has 4 nitrogen and oxygen atoms in total. The zero-order valence-electron chi connectivity index (χ0n) is 11.4. The Morgan fingerprint density at radius 2 is 1.75 bits per heavy atom. The molecule has 0 unspecified atom stereocenters. The zero-order valence-corrected chi connectivity index (χ0v) is 11.4. The molecule has 1 heterocycles. The Hall–Kier alpha value is -1.60. The number of rotatable bonds is 8. The van der Waals surface area contributed by atoms with Crippen molar-refractivity contribution in [2.75, 3.05) is 23.7 Å². The average Bonchev–Trinajstić information content (AvgIpc) is 2.37. The lowest BCUT2D eigenvalue weighted by atomic mass is 10.3. The van der Waals surface area contributed by atoms with Crippen LogP contribution in [0.4, 0.5) is 29.2 Å². The Balaban J connectivity index is 2.82. The summed E-state index contributed by atoms with van der Waals surface area (Å²) in [5.74, 6) is -3.02. The molecule has 1 rings (SSSR count). The fourth-order valence-corrected chi connectivity index (χ4v) is 1.48. The van der Waals surface area contributed by atoms with Gasteiger partial charge in [-0.3, -0.25) is 0 Å². The molecule has 0 atom stereocenters. The number of hydrogen-bond donors (Lipinski definition) is 2. The van der Waals surface area contributed by atoms with E-state index in [1.165, 1.54) is 6.07 Å². The van der Waals surface area contributed by atoms with Crippen molar-refractivity contribution >= 4 is 11.6 Å². The third-order valence-corrected chi connectivity index (χ3v) is 2.43. The molecule has 0 saturated heterocycles. The van der Waals surface area contributed by atoms with Crippen LogP contribution in [0.15, 0.2) is 6.07 Å². The summed E-state index contributed by atoms with van der Waals surface area (Å²) in [7, 11) is 0. The van der Waals surface area contributed by atoms with Gasteiger partial charge >= 0.3 is 12.3 Å². The van der Waals surface area contributed by atoms with Crippen molar-refractivity contribution in [3.8, 4) is 0 Å². The van der Waals surface area contributed by atoms with Crippen molar-refractivity contribution in [2.24, 2.45) is 0 Å². The van der Waals surface area contributed by atoms with E-state index in [9.17, 15) is 17.6 Å². The molecule has 0 aromatic carbocycles. The van der Waals surface area contributed by atoms with Crippen LogP contribution < -0.4 is 10.6 Å². The first-order chi connectivity index (χ1) is 9.39. The van der Waals surface area contributed by atoms with E-state index in [4.69, 9.17) is 0 Å². The monoisotopic (exact) mass is 294 g/mol. The minimum Gasteiger partial charge on any atom is -0.370 e. The number of halogens is 4. The maximum Gasteiger partial charge on any atom is 0.324 e. The molecule has 1 aromatic rings. The molecule has 0 aliphatic carbocycles. The summed E-state index contributed by atoms with van der Waals surface area (Å²) in [6, 6.07) is 1.42. The Bertz CT molecular complexity index is 402. The summed E-state index contributed by atoms with van der Waals surface area (Å²) in [4.78, 5) is 8.22. The third kappa shape index (κ3) is 4.82. The molecule has 0 aliphatic heterocycles. The molecule has 1 aromatic heterocycles. The second-order valence-electron chi connectivity index (χ2n) is 4.25. The zero-order chi connectivity index (χ0) is 15.2. The molecule has 0 radical (unpaired) electrons. The van der Waals surface area contributed by atoms with Gasteiger partial charge in [0.25, 0.3) is 0 Å². The van der Waals surface area contributed by atoms with Crippen LogP contribution >= 0.6 is 0 Å². The normalized spacial score (nSPS) is 11.8. The first kappa shape index (κ1) is 16.5. The fourth-order valence-electron chi connectivity index (χ4n) is 1.48. The van der Waals surface area contributed by atoms with Crippen LogP contribution in [-0.2, 0) is 6.42 Å². The lowest BCUT2D eigenvalue weighted by molar-refractivity contribution is -0.117. The van der Waals surface area contributed by atoms with Crippen LogP contribution in [0.1, 0.15) is 26.1 Å². The van der Waals surface area contributed by atoms with Crippen molar-refractivity contribution in [1.82, 2.24) is 9.97 Å². The standard InChI is InChI=1S/C12H18F4N4/c1-3-5-8-19-9(17-4-2)6-10(20-8)18-7-12(15,16)11(13)14/h6,11H,3-5,7H2,1-2H3,(H2,17,18,19,20). The molecule has 0 aliphatic rings. The van der Waals surface area contributed by atoms with Crippen LogP contribution in [0.25, 0.3) is 0 Å². The Kier molecular flexibility index (Phi) is 5.97. The van der Waals surface area contributed by atoms with Crippen molar-refractivity contribution in [2.45, 2.75) is 39.0 Å². The van der Waals surface area contributed by atoms with Gasteiger partial charge in [-0.25, -0.2) is 18.7 Å². The van der Waals surface area contributed by atoms with Crippen molar-refractivity contribution in [3.63, 3.8) is 0 Å². The first-order valence-electron chi connectivity index (χ1n) is 6.40. The Morgan fingerprint density at radius 3 is 2.25 bits per heavy atom. The highest BCUT2D eigenvalue weighted by atomic mass is 19.3. The molecule has 0 fully saturated rings. The molecular weight excluding hydrogens is 276 g/mol. The van der Waals surface area contributed by atoms with Crippen LogP contribution in [0.5, 0.6) is 0 Å². The van der Waals surface area contributed by atoms with Crippen LogP contribution in [-0.4, -0.2) is 35.4 Å². The van der Waals surface area contributed by atoms with Crippen molar-refractivity contribution in [1.29, 1.82) is 0 Å². The predicted molar refractivity (Wildman–Crippen MR) is 69.6 cm³/mol. The second-order valence-corrected chi connectivity index (χ2v) is 4.25. The number of anilines is 2. The second kappa shape index (κ2) is 7.25. The summed E-state index contributed by atoms with van der Waals surface area (Å²) >= 11 is 0. The van der Waals surface area contributed by atoms with Gasteiger partial charge in [-0.1, -0.05) is 6.92 Å². The van der Waals surface area contributed by atoms with E-state index in [0.717, 1.165) is 6.42 Å². The van der Waals surface area contributed by atoms with Gasteiger partial charge in [0.1, 0.15) is 17.5 Å². The summed E-state index contributed by atoms with van der Waals surface area (Å²) < 4.78 is 49.9. The van der Waals surface area contributed by atoms with Crippen LogP contribution in [0.2, 0.25) is 0 Å². The predicted octanol–water partition coefficient (Wildman–Crippen LogP) is 3.17. The molecule has 2 N–H and O–H groups in total. The van der Waals surface area contributed by atoms with E-state index in [-0.39, 0.29) is 5.82 Å². The minimum atomic E-state index is -4.09. The quantitative estimate of drug-likeness (QED) is 0.723. The number of nitrogens with one attached hydrogen (secondary N) is 2. The summed E-state index contributed by atoms with van der Waals surface area (Å²) in [5.41, 5.74) is 0. The van der Waals surface area contributed by atoms with E-state index in [1.54, 1.807) is 0 Å². The van der Waals surface area contributed by atoms with E-state index >= 15 is 0 Å². The molecule has 0 spiro atoms. The maximum atomic E-state index is 12.9. The summed E-state index contributed by atoms with van der Waals surface area (Å²) in [5, 5.41) is 5.18. The smallest absolute Gasteiger partial charge is 0.324 e. The topological polar surface area (TPSA) is 49.8 Å². The van der Waals surface area contributed by atoms with Gasteiger partial charge in [-0.15, -0.1) is 0 Å². The SMILES string of the molecule is CCCc1nc(NCC)cc(NCC(F)(F)C(F)F)n1. The highest BCUT2D eigenvalue weighted by molar-refractivity contribution is 5.47. The lowest BCUT2D eigenvalue weighted by Crippen LogP contribution is -2.35. The van der Waals surface area contributed by atoms with Gasteiger partial charge in [0.2, 0.25) is 0 Å². The maximum absolute atomic E-state index is 12.9. The molecular formula is C12H18F4N4. The minimum absolute atomic E-state index is 0.111. The summed E-state index contributed by atoms with van der Waals surface area (Å²) in [6.45, 7) is 3.23. The highest BCUT2D eigenvalue weighted by Gasteiger charge is 2.40. The van der Waals surface area contributed by atoms with Gasteiger partial charge in [0, 0.05) is 19.0 Å². The Morgan fingerprint density at radius 1 is 1.15 bits per heavy atom. The molecule has 20 heavy (non-hydrogen) atoms. The molecule has 8 heteroatoms. The first-order valence-corrected chi connectivity index (χ1v) is 6.40. The molecule has 114 valence electrons. The number of hydrogen-bond acceptors (Lipinski definition) is 4. The summed E-state index contributed by atoms with van der Waals surface area (Å²) in [6.07, 6.45) is -2.33. The van der Waals surface area contributed by atoms with Crippen LogP contribution in [0.3, 0.4) is 0 Å². The van der Waals surface area contributed by atoms with E-state index in [1.807, 2.05) is 13.8 Å². The average molecular weight is 294 g/mol. The van der Waals surface area contributed by atoms with Gasteiger partial charge in [-0.2, -0.15) is 8.78 Å². The molecule has 0 saturated carbocycles. The van der Waals surface area contributed by atoms with Gasteiger partial charge < -0.3 is 10.6 Å². The van der Waals surface area contributed by atoms with Crippen LogP contribution in [0, 0.1) is 0 Å². The van der Waals surface area contributed by atoms with E-state index in [2.05, 4.69) is 20.6 Å². The van der Waals surface area contributed by atoms with E-state index < -0.39 is 18.9 Å². The van der Waals surface area contributed by atoms with Gasteiger partial charge in [-0.05, 0) is 13.3 Å². The van der Waals surface area contributed by atoms with Crippen molar-refractivity contribution in [3.05, 3.63) is 11.9 Å². The van der Waals surface area contributed by atoms with Gasteiger partial charge in [0.05, 0.1) is 6.54 Å². The number of nitrogens with zero attached hydrogens (tertiary/aromatic N) is 2. The van der Waals surface area contributed by atoms with Crippen molar-refractivity contribution < 1.29 is 17.6 Å². The lowest BCUT2D eigenvalue weighted by Gasteiger charge is -2.17. The van der Waals surface area contributed by atoms with E-state index in [0.29, 0.717) is 24.6 Å². The molecule has 0 amide bonds. The number of aromatic nitrogens is 2. The largest absolute Gasteiger partial charge is 0.370 e. The van der Waals surface area contributed by atoms with Gasteiger partial charge in [0.15, 0.2) is 0 Å².